The van der Waals surface area contributed by atoms with Crippen LogP contribution in [0.25, 0.3) is 21.8 Å². The summed E-state index contributed by atoms with van der Waals surface area (Å²) in [7, 11) is 0. The van der Waals surface area contributed by atoms with Gasteiger partial charge < -0.3 is 23.8 Å². The summed E-state index contributed by atoms with van der Waals surface area (Å²) in [6.45, 7) is 4.51. The summed E-state index contributed by atoms with van der Waals surface area (Å²) in [5.74, 6) is 0.856. The van der Waals surface area contributed by atoms with Crippen LogP contribution in [-0.2, 0) is 34.0 Å². The van der Waals surface area contributed by atoms with E-state index < -0.39 is 0 Å². The molecule has 4 aromatic carbocycles. The van der Waals surface area contributed by atoms with E-state index in [0.717, 1.165) is 70.3 Å². The Hall–Kier alpha value is -4.53. The number of nitrogens with zero attached hydrogens (tertiary/aromatic N) is 3. The Morgan fingerprint density at radius 1 is 0.592 bits per heavy atom. The van der Waals surface area contributed by atoms with E-state index in [0.29, 0.717) is 33.0 Å². The molecule has 7 nitrogen and oxygen atoms in total. The number of aromatic nitrogens is 2. The molecular formula is C41H42ClN3O4. The van der Waals surface area contributed by atoms with Gasteiger partial charge >= 0.3 is 0 Å². The van der Waals surface area contributed by atoms with E-state index in [2.05, 4.69) is 87.7 Å². The predicted octanol–water partition coefficient (Wildman–Crippen LogP) is 8.57. The van der Waals surface area contributed by atoms with Crippen molar-refractivity contribution in [2.24, 2.45) is 0 Å². The van der Waals surface area contributed by atoms with Gasteiger partial charge in [-0.1, -0.05) is 66.7 Å². The van der Waals surface area contributed by atoms with E-state index >= 15 is 0 Å². The molecule has 0 spiro atoms. The van der Waals surface area contributed by atoms with Gasteiger partial charge in [0.25, 0.3) is 0 Å². The number of anilines is 1. The number of fused-ring (bicyclic) bond motifs is 2. The van der Waals surface area contributed by atoms with E-state index in [1.54, 1.807) is 0 Å². The molecule has 2 aromatic heterocycles. The summed E-state index contributed by atoms with van der Waals surface area (Å²) >= 11 is 0. The van der Waals surface area contributed by atoms with Gasteiger partial charge in [0.1, 0.15) is 5.75 Å². The molecule has 0 aliphatic carbocycles. The molecule has 7 rings (SSSR count). The number of halogens is 1. The van der Waals surface area contributed by atoms with E-state index in [9.17, 15) is 0 Å². The first-order valence-corrected chi connectivity index (χ1v) is 16.8. The molecule has 1 aliphatic heterocycles. The van der Waals surface area contributed by atoms with Gasteiger partial charge in [-0.05, 0) is 65.2 Å². The van der Waals surface area contributed by atoms with Crippen LogP contribution in [0.2, 0.25) is 0 Å². The summed E-state index contributed by atoms with van der Waals surface area (Å²) < 4.78 is 24.9. The molecule has 8 heteroatoms. The fraction of sp³-hybridized carbons (Fsp3) is 0.268. The molecule has 1 fully saturated rings. The van der Waals surface area contributed by atoms with Crippen molar-refractivity contribution < 1.29 is 18.9 Å². The minimum Gasteiger partial charge on any atom is -0.494 e. The molecule has 49 heavy (non-hydrogen) atoms. The first kappa shape index (κ1) is 34.3. The second-order valence-electron chi connectivity index (χ2n) is 12.3. The molecule has 2 atom stereocenters. The first-order valence-electron chi connectivity index (χ1n) is 16.8. The summed E-state index contributed by atoms with van der Waals surface area (Å²) in [6, 6.07) is 39.4. The van der Waals surface area contributed by atoms with Gasteiger partial charge in [-0.15, -0.1) is 12.4 Å². The fourth-order valence-corrected chi connectivity index (χ4v) is 6.16. The molecule has 2 unspecified atom stereocenters. The van der Waals surface area contributed by atoms with Crippen LogP contribution in [0.3, 0.4) is 0 Å². The minimum absolute atomic E-state index is 0. The highest BCUT2D eigenvalue weighted by Gasteiger charge is 2.29. The zero-order chi connectivity index (χ0) is 32.4. The second kappa shape index (κ2) is 17.2. The van der Waals surface area contributed by atoms with Crippen LogP contribution in [0.15, 0.2) is 128 Å². The van der Waals surface area contributed by atoms with Crippen LogP contribution >= 0.6 is 12.4 Å². The Kier molecular flexibility index (Phi) is 12.1. The van der Waals surface area contributed by atoms with Crippen molar-refractivity contribution in [3.63, 3.8) is 0 Å². The van der Waals surface area contributed by atoms with Gasteiger partial charge in [0.2, 0.25) is 0 Å². The van der Waals surface area contributed by atoms with Crippen LogP contribution < -0.4 is 9.64 Å². The highest BCUT2D eigenvalue weighted by Crippen LogP contribution is 2.27. The fourth-order valence-electron chi connectivity index (χ4n) is 6.16. The van der Waals surface area contributed by atoms with E-state index in [4.69, 9.17) is 18.9 Å². The average molecular weight is 676 g/mol. The van der Waals surface area contributed by atoms with Gasteiger partial charge in [-0.25, -0.2) is 0 Å². The third-order valence-electron chi connectivity index (χ3n) is 8.70. The van der Waals surface area contributed by atoms with Gasteiger partial charge in [-0.3, -0.25) is 9.97 Å². The smallest absolute Gasteiger partial charge is 0.119 e. The lowest BCUT2D eigenvalue weighted by Crippen LogP contribution is -2.47. The Morgan fingerprint density at radius 2 is 1.20 bits per heavy atom. The second-order valence-corrected chi connectivity index (χ2v) is 12.3. The molecule has 3 heterocycles. The topological polar surface area (TPSA) is 65.9 Å². The van der Waals surface area contributed by atoms with Crippen molar-refractivity contribution in [2.75, 3.05) is 31.2 Å². The molecule has 0 radical (unpaired) electrons. The highest BCUT2D eigenvalue weighted by molar-refractivity contribution is 5.85. The predicted molar refractivity (Wildman–Crippen MR) is 197 cm³/mol. The first-order chi connectivity index (χ1) is 23.7. The lowest BCUT2D eigenvalue weighted by molar-refractivity contribution is -0.0384. The van der Waals surface area contributed by atoms with Gasteiger partial charge in [0, 0.05) is 54.8 Å². The number of ether oxygens (including phenoxy) is 4. The Labute approximate surface area is 294 Å². The minimum atomic E-state index is 0. The Bertz CT molecular complexity index is 1820. The van der Waals surface area contributed by atoms with Crippen molar-refractivity contribution in [3.05, 3.63) is 144 Å². The maximum Gasteiger partial charge on any atom is 0.119 e. The molecule has 1 saturated heterocycles. The van der Waals surface area contributed by atoms with Gasteiger partial charge in [0.05, 0.1) is 56.3 Å². The Balaban J connectivity index is 0.00000417. The van der Waals surface area contributed by atoms with E-state index in [1.807, 2.05) is 54.9 Å². The number of benzene rings is 4. The molecule has 0 bridgehead atoms. The Morgan fingerprint density at radius 3 is 1.82 bits per heavy atom. The molecule has 0 N–H and O–H groups in total. The number of hydrogen-bond acceptors (Lipinski definition) is 7. The SMILES string of the molecule is Cl.c1ccc(COCCCOc2ccc(N3CC(OCc4ccc5cccnc5c4)CC(OCc4ccc5cccnc5c4)C3)cc2)cc1. The van der Waals surface area contributed by atoms with Crippen LogP contribution in [0, 0.1) is 0 Å². The van der Waals surface area contributed by atoms with E-state index in [-0.39, 0.29) is 24.6 Å². The third-order valence-corrected chi connectivity index (χ3v) is 8.70. The molecule has 0 amide bonds. The lowest BCUT2D eigenvalue weighted by Gasteiger charge is -2.39. The number of piperidine rings is 1. The zero-order valence-electron chi connectivity index (χ0n) is 27.5. The summed E-state index contributed by atoms with van der Waals surface area (Å²) in [5.41, 5.74) is 6.51. The zero-order valence-corrected chi connectivity index (χ0v) is 28.3. The lowest BCUT2D eigenvalue weighted by atomic mass is 10.0. The van der Waals surface area contributed by atoms with Crippen LogP contribution in [0.1, 0.15) is 29.5 Å². The van der Waals surface area contributed by atoms with Crippen molar-refractivity contribution in [1.29, 1.82) is 0 Å². The molecule has 6 aromatic rings. The van der Waals surface area contributed by atoms with Crippen molar-refractivity contribution in [1.82, 2.24) is 9.97 Å². The summed E-state index contributed by atoms with van der Waals surface area (Å²) in [4.78, 5) is 11.4. The number of rotatable bonds is 14. The average Bonchev–Trinajstić information content (AvgIpc) is 3.15. The maximum absolute atomic E-state index is 6.55. The third kappa shape index (κ3) is 9.55. The van der Waals surface area contributed by atoms with Crippen molar-refractivity contribution in [3.8, 4) is 5.75 Å². The molecular weight excluding hydrogens is 634 g/mol. The van der Waals surface area contributed by atoms with Crippen molar-refractivity contribution >= 4 is 39.9 Å². The quantitative estimate of drug-likeness (QED) is 0.107. The molecule has 252 valence electrons. The normalized spacial score (nSPS) is 16.0. The highest BCUT2D eigenvalue weighted by atomic mass is 35.5. The molecule has 1 aliphatic rings. The largest absolute Gasteiger partial charge is 0.494 e. The maximum atomic E-state index is 6.55. The number of pyridine rings is 2. The monoisotopic (exact) mass is 675 g/mol. The standard InChI is InChI=1S/C41H41N3O4.ClH/c1-2-7-31(8-3-1)28-45-21-6-22-46-37-17-15-36(16-18-37)44-26-38(47-29-32-11-13-34-9-4-19-42-40(34)23-32)25-39(27-44)48-30-33-12-14-35-10-5-20-43-41(35)24-33;/h1-5,7-20,23-24,38-39H,6,21-22,25-30H2;1H. The van der Waals surface area contributed by atoms with Gasteiger partial charge in [0.15, 0.2) is 0 Å². The van der Waals surface area contributed by atoms with Crippen LogP contribution in [-0.4, -0.2) is 48.5 Å². The molecule has 0 saturated carbocycles. The van der Waals surface area contributed by atoms with Crippen LogP contribution in [0.4, 0.5) is 5.69 Å². The summed E-state index contributed by atoms with van der Waals surface area (Å²) in [5, 5.41) is 2.26. The van der Waals surface area contributed by atoms with Crippen LogP contribution in [0.5, 0.6) is 5.75 Å². The van der Waals surface area contributed by atoms with E-state index in [1.165, 1.54) is 5.56 Å². The van der Waals surface area contributed by atoms with Gasteiger partial charge in [-0.2, -0.15) is 0 Å². The number of hydrogen-bond donors (Lipinski definition) is 0. The summed E-state index contributed by atoms with van der Waals surface area (Å²) in [6.07, 6.45) is 5.33. The van der Waals surface area contributed by atoms with Crippen molar-refractivity contribution in [2.45, 2.75) is 44.9 Å².